The lowest BCUT2D eigenvalue weighted by Crippen LogP contribution is -2.31. The van der Waals surface area contributed by atoms with Crippen LogP contribution in [-0.4, -0.2) is 38.2 Å². The van der Waals surface area contributed by atoms with Crippen molar-refractivity contribution in [2.75, 3.05) is 6.54 Å². The van der Waals surface area contributed by atoms with Gasteiger partial charge in [-0.3, -0.25) is 4.79 Å². The first-order valence-electron chi connectivity index (χ1n) is 8.72. The van der Waals surface area contributed by atoms with Gasteiger partial charge in [-0.15, -0.1) is 0 Å². The van der Waals surface area contributed by atoms with E-state index in [-0.39, 0.29) is 12.5 Å². The number of carbonyl (C=O) groups is 1. The predicted octanol–water partition coefficient (Wildman–Crippen LogP) is 2.62. The Labute approximate surface area is 150 Å². The maximum absolute atomic E-state index is 12.1. The van der Waals surface area contributed by atoms with Crippen LogP contribution in [0, 0.1) is 0 Å². The molecule has 0 fully saturated rings. The summed E-state index contributed by atoms with van der Waals surface area (Å²) in [6.07, 6.45) is -0.237. The number of hydrogen-bond donors (Lipinski definition) is 2. The molecule has 1 unspecified atom stereocenters. The lowest BCUT2D eigenvalue weighted by atomic mass is 10.2. The van der Waals surface area contributed by atoms with Crippen LogP contribution in [0.2, 0.25) is 0 Å². The Kier molecular flexibility index (Phi) is 4.26. The fourth-order valence-corrected chi connectivity index (χ4v) is 3.17. The number of rotatable bonds is 5. The Hall–Kier alpha value is -2.99. The molecular weight excluding hydrogens is 328 g/mol. The van der Waals surface area contributed by atoms with E-state index < -0.39 is 6.10 Å². The second-order valence-electron chi connectivity index (χ2n) is 6.46. The molecule has 0 aliphatic rings. The summed E-state index contributed by atoms with van der Waals surface area (Å²) in [7, 11) is 0. The van der Waals surface area contributed by atoms with E-state index >= 15 is 0 Å². The van der Waals surface area contributed by atoms with Gasteiger partial charge in [0.25, 0.3) is 0 Å². The molecule has 2 aromatic carbocycles. The molecule has 26 heavy (non-hydrogen) atoms. The van der Waals surface area contributed by atoms with Crippen LogP contribution in [0.1, 0.15) is 13.3 Å². The Bertz CT molecular complexity index is 1100. The summed E-state index contributed by atoms with van der Waals surface area (Å²) >= 11 is 0. The third-order valence-corrected chi connectivity index (χ3v) is 4.41. The summed E-state index contributed by atoms with van der Waals surface area (Å²) < 4.78 is 2.05. The van der Waals surface area contributed by atoms with Gasteiger partial charge in [0, 0.05) is 24.9 Å². The van der Waals surface area contributed by atoms with E-state index in [1.807, 2.05) is 53.1 Å². The largest absolute Gasteiger partial charge is 0.392 e. The molecule has 4 aromatic rings. The molecular formula is C20H20N4O2. The summed E-state index contributed by atoms with van der Waals surface area (Å²) in [6.45, 7) is 2.41. The molecule has 0 saturated carbocycles. The Morgan fingerprint density at radius 1 is 1.12 bits per heavy atom. The molecule has 2 aromatic heterocycles. The molecule has 0 bridgehead atoms. The van der Waals surface area contributed by atoms with Gasteiger partial charge in [-0.05, 0) is 25.1 Å². The molecule has 0 spiro atoms. The van der Waals surface area contributed by atoms with Crippen LogP contribution in [-0.2, 0) is 11.3 Å². The number of nitrogens with one attached hydrogen (secondary N) is 1. The molecule has 2 heterocycles. The highest BCUT2D eigenvalue weighted by Crippen LogP contribution is 2.28. The van der Waals surface area contributed by atoms with Crippen LogP contribution < -0.4 is 5.32 Å². The van der Waals surface area contributed by atoms with E-state index in [9.17, 15) is 9.90 Å². The van der Waals surface area contributed by atoms with E-state index in [0.29, 0.717) is 13.0 Å². The van der Waals surface area contributed by atoms with E-state index in [0.717, 1.165) is 33.1 Å². The average molecular weight is 348 g/mol. The number of aliphatic hydroxyl groups is 1. The number of nitrogens with zero attached hydrogens (tertiary/aromatic N) is 3. The number of aromatic nitrogens is 3. The quantitative estimate of drug-likeness (QED) is 0.581. The SMILES string of the molecule is CC(O)CNC(=O)CCn1c2ccccc2c2nc3ccccc3nc21. The van der Waals surface area contributed by atoms with Crippen LogP contribution in [0.15, 0.2) is 48.5 Å². The molecule has 4 rings (SSSR count). The summed E-state index contributed by atoms with van der Waals surface area (Å²) in [4.78, 5) is 21.6. The lowest BCUT2D eigenvalue weighted by molar-refractivity contribution is -0.121. The molecule has 0 aliphatic heterocycles. The van der Waals surface area contributed by atoms with E-state index in [1.54, 1.807) is 6.92 Å². The van der Waals surface area contributed by atoms with Crippen LogP contribution in [0.4, 0.5) is 0 Å². The molecule has 2 N–H and O–H groups in total. The van der Waals surface area contributed by atoms with Crippen molar-refractivity contribution in [3.05, 3.63) is 48.5 Å². The van der Waals surface area contributed by atoms with Crippen molar-refractivity contribution in [2.24, 2.45) is 0 Å². The first-order valence-corrected chi connectivity index (χ1v) is 8.72. The molecule has 1 amide bonds. The van der Waals surface area contributed by atoms with Crippen molar-refractivity contribution in [3.8, 4) is 0 Å². The summed E-state index contributed by atoms with van der Waals surface area (Å²) in [5.74, 6) is -0.0921. The third-order valence-electron chi connectivity index (χ3n) is 4.41. The Balaban J connectivity index is 1.76. The van der Waals surface area contributed by atoms with E-state index in [1.165, 1.54) is 0 Å². The zero-order valence-corrected chi connectivity index (χ0v) is 14.5. The highest BCUT2D eigenvalue weighted by Gasteiger charge is 2.15. The smallest absolute Gasteiger partial charge is 0.221 e. The van der Waals surface area contributed by atoms with Crippen LogP contribution in [0.3, 0.4) is 0 Å². The van der Waals surface area contributed by atoms with Gasteiger partial charge in [0.1, 0.15) is 5.52 Å². The highest BCUT2D eigenvalue weighted by molar-refractivity contribution is 6.06. The molecule has 132 valence electrons. The van der Waals surface area contributed by atoms with Crippen LogP contribution >= 0.6 is 0 Å². The lowest BCUT2D eigenvalue weighted by Gasteiger charge is -2.09. The van der Waals surface area contributed by atoms with Crippen molar-refractivity contribution < 1.29 is 9.90 Å². The summed E-state index contributed by atoms with van der Waals surface area (Å²) in [5.41, 5.74) is 4.35. The minimum Gasteiger partial charge on any atom is -0.392 e. The van der Waals surface area contributed by atoms with Gasteiger partial charge in [-0.1, -0.05) is 30.3 Å². The zero-order valence-electron chi connectivity index (χ0n) is 14.5. The van der Waals surface area contributed by atoms with Crippen molar-refractivity contribution in [2.45, 2.75) is 26.0 Å². The fraction of sp³-hybridized carbons (Fsp3) is 0.250. The van der Waals surface area contributed by atoms with E-state index in [4.69, 9.17) is 9.97 Å². The topological polar surface area (TPSA) is 80.0 Å². The Morgan fingerprint density at radius 3 is 2.58 bits per heavy atom. The summed E-state index contributed by atoms with van der Waals surface area (Å²) in [6, 6.07) is 15.8. The minimum atomic E-state index is -0.551. The number of aryl methyl sites for hydroxylation is 1. The number of benzene rings is 2. The number of para-hydroxylation sites is 3. The number of amides is 1. The van der Waals surface area contributed by atoms with Crippen LogP contribution in [0.5, 0.6) is 0 Å². The molecule has 0 saturated heterocycles. The van der Waals surface area contributed by atoms with Gasteiger partial charge >= 0.3 is 0 Å². The predicted molar refractivity (Wildman–Crippen MR) is 102 cm³/mol. The van der Waals surface area contributed by atoms with Gasteiger partial charge in [0.15, 0.2) is 5.65 Å². The van der Waals surface area contributed by atoms with Crippen molar-refractivity contribution in [3.63, 3.8) is 0 Å². The Morgan fingerprint density at radius 2 is 1.81 bits per heavy atom. The van der Waals surface area contributed by atoms with Gasteiger partial charge in [-0.2, -0.15) is 0 Å². The fourth-order valence-electron chi connectivity index (χ4n) is 3.17. The second kappa shape index (κ2) is 6.72. The number of hydrogen-bond acceptors (Lipinski definition) is 4. The van der Waals surface area contributed by atoms with Crippen molar-refractivity contribution >= 4 is 39.0 Å². The number of fused-ring (bicyclic) bond motifs is 4. The second-order valence-corrected chi connectivity index (χ2v) is 6.46. The van der Waals surface area contributed by atoms with Crippen molar-refractivity contribution in [1.82, 2.24) is 19.9 Å². The maximum Gasteiger partial charge on any atom is 0.221 e. The minimum absolute atomic E-state index is 0.0921. The molecule has 0 radical (unpaired) electrons. The third kappa shape index (κ3) is 2.99. The van der Waals surface area contributed by atoms with Gasteiger partial charge in [0.05, 0.1) is 22.7 Å². The highest BCUT2D eigenvalue weighted by atomic mass is 16.3. The van der Waals surface area contributed by atoms with Gasteiger partial charge in [-0.25, -0.2) is 9.97 Å². The first-order chi connectivity index (χ1) is 12.6. The molecule has 6 heteroatoms. The van der Waals surface area contributed by atoms with Gasteiger partial charge in [0.2, 0.25) is 5.91 Å². The standard InChI is InChI=1S/C20H20N4O2/c1-13(25)12-21-18(26)10-11-24-17-9-5-2-6-14(17)19-20(24)23-16-8-4-3-7-15(16)22-19/h2-9,13,25H,10-12H2,1H3,(H,21,26). The normalized spacial score (nSPS) is 12.7. The molecule has 0 aliphatic carbocycles. The monoisotopic (exact) mass is 348 g/mol. The number of carbonyl (C=O) groups excluding carboxylic acids is 1. The molecule has 1 atom stereocenters. The zero-order chi connectivity index (χ0) is 18.1. The summed E-state index contributed by atoms with van der Waals surface area (Å²) in [5, 5.41) is 13.1. The first kappa shape index (κ1) is 16.5. The average Bonchev–Trinajstić information content (AvgIpc) is 2.96. The maximum atomic E-state index is 12.1. The van der Waals surface area contributed by atoms with Gasteiger partial charge < -0.3 is 15.0 Å². The number of aliphatic hydroxyl groups excluding tert-OH is 1. The van der Waals surface area contributed by atoms with Crippen LogP contribution in [0.25, 0.3) is 33.1 Å². The molecule has 6 nitrogen and oxygen atoms in total. The van der Waals surface area contributed by atoms with Crippen molar-refractivity contribution in [1.29, 1.82) is 0 Å². The van der Waals surface area contributed by atoms with E-state index in [2.05, 4.69) is 5.32 Å².